The van der Waals surface area contributed by atoms with Crippen LogP contribution in [0.2, 0.25) is 0 Å². The van der Waals surface area contributed by atoms with Crippen molar-refractivity contribution in [1.82, 2.24) is 10.3 Å². The third-order valence-corrected chi connectivity index (χ3v) is 3.99. The second kappa shape index (κ2) is 12.8. The number of anilines is 1. The standard InChI is InChI=1S/C20H22F3N3O.C2H4OS/c1-13(2)11-17-15(5-9-18(26-17)20(21,22)23)6-10-19(27)25-12-14-3-7-16(24)8-4-14;1-2-4-3/h3-10,13H,11-12,24H2,1-2H3,(H,25,27);2-3H,1H2/b10-6+;. The number of nitrogens with one attached hydrogen (secondary N) is 1. The molecule has 0 aliphatic heterocycles. The molecule has 1 amide bonds. The summed E-state index contributed by atoms with van der Waals surface area (Å²) in [5.41, 5.74) is 7.03. The molecule has 0 aliphatic carbocycles. The smallest absolute Gasteiger partial charge is 0.399 e. The van der Waals surface area contributed by atoms with E-state index >= 15 is 0 Å². The molecule has 2 rings (SSSR count). The van der Waals surface area contributed by atoms with Crippen LogP contribution in [0, 0.1) is 5.92 Å². The number of nitrogen functional groups attached to an aromatic ring is 1. The van der Waals surface area contributed by atoms with Gasteiger partial charge in [-0.2, -0.15) is 13.2 Å². The molecule has 0 bridgehead atoms. The quantitative estimate of drug-likeness (QED) is 0.291. The monoisotopic (exact) mass is 453 g/mol. The number of amides is 1. The van der Waals surface area contributed by atoms with Gasteiger partial charge >= 0.3 is 6.18 Å². The fraction of sp³-hybridized carbons (Fsp3) is 0.273. The van der Waals surface area contributed by atoms with Gasteiger partial charge < -0.3 is 15.6 Å². The summed E-state index contributed by atoms with van der Waals surface area (Å²) in [4.78, 5) is 15.7. The van der Waals surface area contributed by atoms with Crippen LogP contribution >= 0.6 is 12.0 Å². The summed E-state index contributed by atoms with van der Waals surface area (Å²) in [6.45, 7) is 7.31. The Kier molecular flexibility index (Phi) is 10.8. The number of pyridine rings is 1. The fourth-order valence-electron chi connectivity index (χ4n) is 2.42. The first-order valence-electron chi connectivity index (χ1n) is 9.35. The average Bonchev–Trinajstić information content (AvgIpc) is 2.71. The molecule has 2 aromatic rings. The Morgan fingerprint density at radius 2 is 1.87 bits per heavy atom. The number of nitrogens with two attached hydrogens (primary N) is 1. The van der Waals surface area contributed by atoms with Crippen molar-refractivity contribution in [3.05, 3.63) is 77.0 Å². The zero-order chi connectivity index (χ0) is 23.4. The SMILES string of the molecule is C=CSO.CC(C)Cc1nc(C(F)(F)F)ccc1/C=C/C(=O)NCc1ccc(N)cc1. The highest BCUT2D eigenvalue weighted by Crippen LogP contribution is 2.29. The molecule has 168 valence electrons. The van der Waals surface area contributed by atoms with Crippen molar-refractivity contribution in [2.75, 3.05) is 5.73 Å². The predicted octanol–water partition coefficient (Wildman–Crippen LogP) is 5.55. The Bertz CT molecular complexity index is 883. The maximum Gasteiger partial charge on any atom is 0.433 e. The van der Waals surface area contributed by atoms with Gasteiger partial charge in [0.1, 0.15) is 5.69 Å². The number of rotatable bonds is 7. The number of hydrogen-bond donors (Lipinski definition) is 3. The lowest BCUT2D eigenvalue weighted by atomic mass is 10.0. The zero-order valence-electron chi connectivity index (χ0n) is 17.3. The molecule has 1 aromatic carbocycles. The maximum absolute atomic E-state index is 12.9. The third-order valence-electron chi connectivity index (χ3n) is 3.84. The minimum Gasteiger partial charge on any atom is -0.399 e. The second-order valence-electron chi connectivity index (χ2n) is 6.89. The van der Waals surface area contributed by atoms with E-state index in [0.29, 0.717) is 42.0 Å². The van der Waals surface area contributed by atoms with Gasteiger partial charge in [-0.3, -0.25) is 4.79 Å². The van der Waals surface area contributed by atoms with Crippen molar-refractivity contribution in [2.45, 2.75) is 33.0 Å². The predicted molar refractivity (Wildman–Crippen MR) is 120 cm³/mol. The van der Waals surface area contributed by atoms with Crippen molar-refractivity contribution in [1.29, 1.82) is 0 Å². The summed E-state index contributed by atoms with van der Waals surface area (Å²) >= 11 is 0.620. The van der Waals surface area contributed by atoms with Gasteiger partial charge in [0.05, 0.1) is 0 Å². The molecule has 0 saturated carbocycles. The van der Waals surface area contributed by atoms with Gasteiger partial charge in [0.25, 0.3) is 0 Å². The molecular weight excluding hydrogens is 427 g/mol. The molecule has 0 atom stereocenters. The van der Waals surface area contributed by atoms with Gasteiger partial charge in [-0.05, 0) is 53.1 Å². The van der Waals surface area contributed by atoms with E-state index in [1.54, 1.807) is 24.3 Å². The van der Waals surface area contributed by atoms with Crippen molar-refractivity contribution >= 4 is 29.7 Å². The number of hydrogen-bond acceptors (Lipinski definition) is 5. The lowest BCUT2D eigenvalue weighted by Gasteiger charge is -2.12. The number of halogens is 3. The number of carbonyl (C=O) groups is 1. The van der Waals surface area contributed by atoms with Crippen molar-refractivity contribution in [3.8, 4) is 0 Å². The minimum atomic E-state index is -4.50. The van der Waals surface area contributed by atoms with Crippen LogP contribution in [0.25, 0.3) is 6.08 Å². The van der Waals surface area contributed by atoms with Gasteiger partial charge in [-0.25, -0.2) is 4.98 Å². The Hall–Kier alpha value is -2.78. The molecule has 1 heterocycles. The van der Waals surface area contributed by atoms with Crippen LogP contribution in [0.3, 0.4) is 0 Å². The first kappa shape index (κ1) is 26.3. The van der Waals surface area contributed by atoms with E-state index in [2.05, 4.69) is 16.9 Å². The maximum atomic E-state index is 12.9. The lowest BCUT2D eigenvalue weighted by Crippen LogP contribution is -2.20. The number of benzene rings is 1. The zero-order valence-corrected chi connectivity index (χ0v) is 18.1. The van der Waals surface area contributed by atoms with Crippen LogP contribution in [0.1, 0.15) is 36.4 Å². The van der Waals surface area contributed by atoms with Gasteiger partial charge in [0.2, 0.25) is 5.91 Å². The summed E-state index contributed by atoms with van der Waals surface area (Å²) in [5, 5.41) is 4.06. The molecule has 0 radical (unpaired) electrons. The first-order chi connectivity index (χ1) is 14.6. The number of nitrogens with zero attached hydrogens (tertiary/aromatic N) is 1. The summed E-state index contributed by atoms with van der Waals surface area (Å²) < 4.78 is 46.3. The lowest BCUT2D eigenvalue weighted by molar-refractivity contribution is -0.141. The normalized spacial score (nSPS) is 11.2. The van der Waals surface area contributed by atoms with Crippen LogP contribution in [-0.4, -0.2) is 15.4 Å². The minimum absolute atomic E-state index is 0.132. The number of aromatic nitrogens is 1. The van der Waals surface area contributed by atoms with Crippen molar-refractivity contribution in [3.63, 3.8) is 0 Å². The van der Waals surface area contributed by atoms with E-state index in [9.17, 15) is 18.0 Å². The summed E-state index contributed by atoms with van der Waals surface area (Å²) in [6.07, 6.45) is -1.32. The van der Waals surface area contributed by atoms with E-state index in [-0.39, 0.29) is 11.8 Å². The third kappa shape index (κ3) is 10.2. The van der Waals surface area contributed by atoms with E-state index in [1.807, 2.05) is 13.8 Å². The van der Waals surface area contributed by atoms with E-state index < -0.39 is 11.9 Å². The molecule has 0 unspecified atom stereocenters. The fourth-order valence-corrected chi connectivity index (χ4v) is 2.42. The summed E-state index contributed by atoms with van der Waals surface area (Å²) in [6, 6.07) is 9.36. The first-order valence-corrected chi connectivity index (χ1v) is 10.2. The Balaban J connectivity index is 0.00000110. The molecule has 0 spiro atoms. The molecule has 5 nitrogen and oxygen atoms in total. The van der Waals surface area contributed by atoms with Crippen molar-refractivity contribution in [2.24, 2.45) is 5.92 Å². The molecule has 9 heteroatoms. The van der Waals surface area contributed by atoms with Gasteiger partial charge in [0.15, 0.2) is 0 Å². The Morgan fingerprint density at radius 3 is 2.39 bits per heavy atom. The average molecular weight is 454 g/mol. The molecule has 0 saturated heterocycles. The Morgan fingerprint density at radius 1 is 1.26 bits per heavy atom. The molecular formula is C22H26F3N3O2S. The second-order valence-corrected chi connectivity index (χ2v) is 7.44. The number of alkyl halides is 3. The van der Waals surface area contributed by atoms with E-state index in [0.717, 1.165) is 11.6 Å². The van der Waals surface area contributed by atoms with Crippen LogP contribution < -0.4 is 11.1 Å². The van der Waals surface area contributed by atoms with E-state index in [4.69, 9.17) is 10.3 Å². The van der Waals surface area contributed by atoms with Crippen LogP contribution in [0.4, 0.5) is 18.9 Å². The molecule has 0 aliphatic rings. The molecule has 4 N–H and O–H groups in total. The highest BCUT2D eigenvalue weighted by molar-refractivity contribution is 7.96. The van der Waals surface area contributed by atoms with Gasteiger partial charge in [-0.1, -0.05) is 38.6 Å². The molecule has 1 aromatic heterocycles. The van der Waals surface area contributed by atoms with Gasteiger partial charge in [-0.15, -0.1) is 0 Å². The molecule has 0 fully saturated rings. The highest BCUT2D eigenvalue weighted by Gasteiger charge is 2.32. The van der Waals surface area contributed by atoms with Crippen molar-refractivity contribution < 1.29 is 22.5 Å². The number of carbonyl (C=O) groups excluding carboxylic acids is 1. The summed E-state index contributed by atoms with van der Waals surface area (Å²) in [7, 11) is 0. The van der Waals surface area contributed by atoms with Crippen LogP contribution in [-0.2, 0) is 23.9 Å². The topological polar surface area (TPSA) is 88.2 Å². The highest BCUT2D eigenvalue weighted by atomic mass is 32.2. The Labute approximate surface area is 184 Å². The largest absolute Gasteiger partial charge is 0.433 e. The summed E-state index contributed by atoms with van der Waals surface area (Å²) in [5.74, 6) is -0.213. The van der Waals surface area contributed by atoms with Crippen LogP contribution in [0.15, 0.2) is 54.5 Å². The molecule has 31 heavy (non-hydrogen) atoms. The van der Waals surface area contributed by atoms with Crippen LogP contribution in [0.5, 0.6) is 0 Å². The van der Waals surface area contributed by atoms with E-state index in [1.165, 1.54) is 23.6 Å². The van der Waals surface area contributed by atoms with Gasteiger partial charge in [0, 0.05) is 36.0 Å².